The smallest absolute Gasteiger partial charge is 0.209 e. The molecule has 0 amide bonds. The second-order valence-corrected chi connectivity index (χ2v) is 8.93. The Morgan fingerprint density at radius 3 is 2.97 bits per heavy atom. The zero-order valence-electron chi connectivity index (χ0n) is 17.8. The number of carbonyl (C=O) groups excluding carboxylic acids is 1. The molecule has 1 aromatic carbocycles. The minimum Gasteiger partial charge on any atom is -0.496 e. The van der Waals surface area contributed by atoms with Gasteiger partial charge in [0.2, 0.25) is 5.16 Å². The predicted molar refractivity (Wildman–Crippen MR) is 121 cm³/mol. The Labute approximate surface area is 190 Å². The third-order valence-corrected chi connectivity index (χ3v) is 6.58. The number of ketones is 1. The molecule has 2 aromatic heterocycles. The highest BCUT2D eigenvalue weighted by molar-refractivity contribution is 7.99. The Kier molecular flexibility index (Phi) is 6.69. The average Bonchev–Trinajstić information content (AvgIpc) is 3.50. The highest BCUT2D eigenvalue weighted by Crippen LogP contribution is 2.31. The lowest BCUT2D eigenvalue weighted by Gasteiger charge is -2.14. The van der Waals surface area contributed by atoms with Crippen LogP contribution in [-0.2, 0) is 11.3 Å². The number of ether oxygens (including phenoxy) is 2. The summed E-state index contributed by atoms with van der Waals surface area (Å²) in [6.07, 6.45) is 2.41. The summed E-state index contributed by atoms with van der Waals surface area (Å²) in [7, 11) is 1.59. The number of hydrogen-bond donors (Lipinski definition) is 1. The minimum absolute atomic E-state index is 0.0587. The average molecular weight is 461 g/mol. The van der Waals surface area contributed by atoms with Gasteiger partial charge in [0.1, 0.15) is 5.75 Å². The number of H-pyrrole nitrogens is 1. The summed E-state index contributed by atoms with van der Waals surface area (Å²) in [4.78, 5) is 17.4. The predicted octanol–water partition coefficient (Wildman–Crippen LogP) is 4.71. The molecule has 1 N–H and O–H groups in total. The van der Waals surface area contributed by atoms with Crippen LogP contribution in [0.25, 0.3) is 11.4 Å². The third kappa shape index (κ3) is 4.81. The van der Waals surface area contributed by atoms with Gasteiger partial charge in [-0.1, -0.05) is 23.4 Å². The van der Waals surface area contributed by atoms with Gasteiger partial charge in [-0.05, 0) is 51.0 Å². The van der Waals surface area contributed by atoms with E-state index >= 15 is 0 Å². The van der Waals surface area contributed by atoms with Gasteiger partial charge in [0.25, 0.3) is 0 Å². The third-order valence-electron chi connectivity index (χ3n) is 5.50. The van der Waals surface area contributed by atoms with E-state index in [-0.39, 0.29) is 17.6 Å². The molecule has 9 heteroatoms. The van der Waals surface area contributed by atoms with E-state index in [1.807, 2.05) is 19.9 Å². The second kappa shape index (κ2) is 9.46. The van der Waals surface area contributed by atoms with E-state index in [4.69, 9.17) is 21.1 Å². The van der Waals surface area contributed by atoms with Gasteiger partial charge in [0, 0.05) is 35.1 Å². The van der Waals surface area contributed by atoms with Gasteiger partial charge < -0.3 is 14.0 Å². The van der Waals surface area contributed by atoms with Crippen molar-refractivity contribution in [2.45, 2.75) is 44.5 Å². The maximum Gasteiger partial charge on any atom is 0.209 e. The van der Waals surface area contributed by atoms with Gasteiger partial charge in [-0.3, -0.25) is 9.89 Å². The molecule has 31 heavy (non-hydrogen) atoms. The van der Waals surface area contributed by atoms with Crippen LogP contribution in [0, 0.1) is 13.8 Å². The van der Waals surface area contributed by atoms with Crippen LogP contribution in [0.5, 0.6) is 5.75 Å². The molecular weight excluding hydrogens is 436 g/mol. The molecule has 0 unspecified atom stereocenters. The lowest BCUT2D eigenvalue weighted by Crippen LogP contribution is -2.17. The number of thioether (sulfide) groups is 1. The van der Waals surface area contributed by atoms with E-state index in [1.54, 1.807) is 25.3 Å². The number of nitrogens with zero attached hydrogens (tertiary/aromatic N) is 3. The number of aromatic amines is 1. The molecule has 0 spiro atoms. The molecule has 164 valence electrons. The number of Topliss-reactive ketones (excluding diaryl/α,β-unsaturated/α-hetero) is 1. The Morgan fingerprint density at radius 2 is 2.23 bits per heavy atom. The zero-order chi connectivity index (χ0) is 22.0. The second-order valence-electron chi connectivity index (χ2n) is 7.55. The number of methoxy groups -OCH3 is 1. The number of rotatable bonds is 8. The van der Waals surface area contributed by atoms with E-state index in [9.17, 15) is 4.79 Å². The largest absolute Gasteiger partial charge is 0.496 e. The standard InChI is InChI=1S/C22H25ClN4O3S/c1-13-9-17(14(2)27(13)11-16-5-4-8-30-16)19(28)12-31-22-24-21(25-26-22)18-10-15(23)6-7-20(18)29-3/h6-7,9-10,16H,4-5,8,11-12H2,1-3H3,(H,24,25,26)/t16-/m1/s1. The molecule has 1 aliphatic heterocycles. The van der Waals surface area contributed by atoms with Gasteiger partial charge in [-0.15, -0.1) is 5.10 Å². The first-order chi connectivity index (χ1) is 15.0. The van der Waals surface area contributed by atoms with E-state index in [0.29, 0.717) is 21.8 Å². The molecule has 0 radical (unpaired) electrons. The van der Waals surface area contributed by atoms with Gasteiger partial charge in [0.15, 0.2) is 11.6 Å². The lowest BCUT2D eigenvalue weighted by molar-refractivity contribution is 0.0957. The molecule has 0 bridgehead atoms. The Bertz CT molecular complexity index is 1090. The van der Waals surface area contributed by atoms with Gasteiger partial charge in [0.05, 0.1) is 24.5 Å². The monoisotopic (exact) mass is 460 g/mol. The SMILES string of the molecule is COc1ccc(Cl)cc1-c1nc(SCC(=O)c2cc(C)n(C[C@H]3CCCO3)c2C)n[nH]1. The summed E-state index contributed by atoms with van der Waals surface area (Å²) in [6.45, 7) is 5.65. The highest BCUT2D eigenvalue weighted by Gasteiger charge is 2.21. The van der Waals surface area contributed by atoms with Crippen molar-refractivity contribution in [2.24, 2.45) is 0 Å². The number of aromatic nitrogens is 4. The van der Waals surface area contributed by atoms with Crippen LogP contribution in [0.2, 0.25) is 5.02 Å². The molecule has 3 heterocycles. The molecule has 1 aliphatic rings. The first kappa shape index (κ1) is 21.9. The minimum atomic E-state index is 0.0587. The normalized spacial score (nSPS) is 16.1. The number of halogens is 1. The summed E-state index contributed by atoms with van der Waals surface area (Å²) < 4.78 is 13.3. The van der Waals surface area contributed by atoms with Crippen molar-refractivity contribution in [3.63, 3.8) is 0 Å². The van der Waals surface area contributed by atoms with Crippen molar-refractivity contribution < 1.29 is 14.3 Å². The topological polar surface area (TPSA) is 82.0 Å². The summed E-state index contributed by atoms with van der Waals surface area (Å²) in [5, 5.41) is 8.21. The van der Waals surface area contributed by atoms with Crippen molar-refractivity contribution >= 4 is 29.1 Å². The van der Waals surface area contributed by atoms with Crippen LogP contribution in [0.3, 0.4) is 0 Å². The van der Waals surface area contributed by atoms with Crippen LogP contribution in [0.15, 0.2) is 29.4 Å². The molecule has 1 fully saturated rings. The molecule has 1 saturated heterocycles. The molecule has 1 atom stereocenters. The van der Waals surface area contributed by atoms with E-state index < -0.39 is 0 Å². The molecular formula is C22H25ClN4O3S. The van der Waals surface area contributed by atoms with Crippen molar-refractivity contribution in [3.8, 4) is 17.1 Å². The number of aryl methyl sites for hydroxylation is 1. The summed E-state index contributed by atoms with van der Waals surface area (Å²) >= 11 is 7.41. The summed E-state index contributed by atoms with van der Waals surface area (Å²) in [5.41, 5.74) is 3.53. The summed E-state index contributed by atoms with van der Waals surface area (Å²) in [5.74, 6) is 1.51. The highest BCUT2D eigenvalue weighted by atomic mass is 35.5. The first-order valence-corrected chi connectivity index (χ1v) is 11.5. The Morgan fingerprint density at radius 1 is 1.39 bits per heavy atom. The summed E-state index contributed by atoms with van der Waals surface area (Å²) in [6, 6.07) is 7.27. The van der Waals surface area contributed by atoms with Crippen LogP contribution in [0.4, 0.5) is 0 Å². The molecule has 0 aliphatic carbocycles. The van der Waals surface area contributed by atoms with Gasteiger partial charge in [-0.25, -0.2) is 4.98 Å². The Balaban J connectivity index is 1.44. The number of carbonyl (C=O) groups is 1. The quantitative estimate of drug-likeness (QED) is 0.387. The number of benzene rings is 1. The maximum atomic E-state index is 12.9. The van der Waals surface area contributed by atoms with E-state index in [1.165, 1.54) is 11.8 Å². The van der Waals surface area contributed by atoms with Crippen LogP contribution in [0.1, 0.15) is 34.6 Å². The van der Waals surface area contributed by atoms with Crippen LogP contribution in [-0.4, -0.2) is 51.1 Å². The van der Waals surface area contributed by atoms with Crippen molar-refractivity contribution in [1.82, 2.24) is 19.7 Å². The lowest BCUT2D eigenvalue weighted by atomic mass is 10.2. The van der Waals surface area contributed by atoms with Gasteiger partial charge >= 0.3 is 0 Å². The van der Waals surface area contributed by atoms with Crippen LogP contribution < -0.4 is 4.74 Å². The van der Waals surface area contributed by atoms with E-state index in [2.05, 4.69) is 19.7 Å². The molecule has 3 aromatic rings. The number of nitrogens with one attached hydrogen (secondary N) is 1. The fraction of sp³-hybridized carbons (Fsp3) is 0.409. The Hall–Kier alpha value is -2.29. The maximum absolute atomic E-state index is 12.9. The number of hydrogen-bond acceptors (Lipinski definition) is 6. The fourth-order valence-corrected chi connectivity index (χ4v) is 4.71. The first-order valence-electron chi connectivity index (χ1n) is 10.2. The van der Waals surface area contributed by atoms with Gasteiger partial charge in [-0.2, -0.15) is 0 Å². The van der Waals surface area contributed by atoms with Crippen molar-refractivity contribution in [2.75, 3.05) is 19.5 Å². The molecule has 4 rings (SSSR count). The van der Waals surface area contributed by atoms with Crippen molar-refractivity contribution in [1.29, 1.82) is 0 Å². The fourth-order valence-electron chi connectivity index (χ4n) is 3.86. The molecule has 0 saturated carbocycles. The van der Waals surface area contributed by atoms with Crippen LogP contribution >= 0.6 is 23.4 Å². The zero-order valence-corrected chi connectivity index (χ0v) is 19.3. The van der Waals surface area contributed by atoms with Crippen molar-refractivity contribution in [3.05, 3.63) is 46.2 Å². The molecule has 7 nitrogen and oxygen atoms in total. The van der Waals surface area contributed by atoms with E-state index in [0.717, 1.165) is 48.5 Å².